The van der Waals surface area contributed by atoms with E-state index in [9.17, 15) is 9.50 Å². The number of hydrogen-bond donors (Lipinski definition) is 1. The van der Waals surface area contributed by atoms with E-state index < -0.39 is 5.82 Å². The predicted molar refractivity (Wildman–Crippen MR) is 110 cm³/mol. The molecule has 1 aromatic heterocycles. The molecule has 0 saturated carbocycles. The highest BCUT2D eigenvalue weighted by Gasteiger charge is 2.22. The molecule has 0 radical (unpaired) electrons. The lowest BCUT2D eigenvalue weighted by Gasteiger charge is -2.17. The Labute approximate surface area is 181 Å². The number of rotatable bonds is 6. The average Bonchev–Trinajstić information content (AvgIpc) is 2.80. The number of ether oxygens (including phenoxy) is 3. The van der Waals surface area contributed by atoms with Crippen molar-refractivity contribution >= 4 is 23.1 Å². The maximum absolute atomic E-state index is 15.0. The van der Waals surface area contributed by atoms with E-state index in [-0.39, 0.29) is 41.3 Å². The van der Waals surface area contributed by atoms with Gasteiger partial charge in [-0.1, -0.05) is 41.9 Å². The highest BCUT2D eigenvalue weighted by atomic mass is 35.5. The molecule has 0 aliphatic carbocycles. The molecule has 0 amide bonds. The normalized spacial score (nSPS) is 13.6. The molecule has 1 aliphatic heterocycles. The number of nitrogens with zero attached hydrogens (tertiary/aromatic N) is 3. The number of para-hydroxylation sites is 2. The van der Waals surface area contributed by atoms with Crippen molar-refractivity contribution in [3.63, 3.8) is 0 Å². The predicted octanol–water partition coefficient (Wildman–Crippen LogP) is 5.11. The van der Waals surface area contributed by atoms with Crippen LogP contribution in [0.5, 0.6) is 23.3 Å². The zero-order chi connectivity index (χ0) is 21.6. The highest BCUT2D eigenvalue weighted by Crippen LogP contribution is 2.35. The van der Waals surface area contributed by atoms with Gasteiger partial charge in [0.2, 0.25) is 5.82 Å². The fourth-order valence-electron chi connectivity index (χ4n) is 2.67. The molecular formula is C21H15ClFN3O5. The Balaban J connectivity index is 1.65. The number of hydrogen-bond acceptors (Lipinski definition) is 8. The minimum atomic E-state index is -0.929. The molecule has 1 N–H and O–H groups in total. The first-order valence-electron chi connectivity index (χ1n) is 9.05. The van der Waals surface area contributed by atoms with Crippen molar-refractivity contribution in [1.29, 1.82) is 0 Å². The van der Waals surface area contributed by atoms with Crippen LogP contribution in [0, 0.1) is 5.82 Å². The maximum atomic E-state index is 15.0. The van der Waals surface area contributed by atoms with Crippen molar-refractivity contribution in [2.75, 3.05) is 13.2 Å². The lowest BCUT2D eigenvalue weighted by molar-refractivity contribution is 0.0667. The van der Waals surface area contributed by atoms with Crippen LogP contribution in [-0.2, 0) is 9.57 Å². The topological polar surface area (TPSA) is 95.3 Å². The van der Waals surface area contributed by atoms with Gasteiger partial charge < -0.3 is 24.2 Å². The first-order chi connectivity index (χ1) is 15.2. The second-order valence-electron chi connectivity index (χ2n) is 6.05. The van der Waals surface area contributed by atoms with Crippen molar-refractivity contribution in [1.82, 2.24) is 9.97 Å². The largest absolute Gasteiger partial charge is 0.515 e. The van der Waals surface area contributed by atoms with Crippen molar-refractivity contribution in [3.05, 3.63) is 77.5 Å². The van der Waals surface area contributed by atoms with Crippen LogP contribution in [0.4, 0.5) is 4.39 Å². The molecule has 0 unspecified atom stereocenters. The molecule has 0 saturated heterocycles. The summed E-state index contributed by atoms with van der Waals surface area (Å²) in [7, 11) is 0. The molecular weight excluding hydrogens is 429 g/mol. The van der Waals surface area contributed by atoms with Crippen LogP contribution in [0.1, 0.15) is 5.56 Å². The molecule has 4 rings (SSSR count). The summed E-state index contributed by atoms with van der Waals surface area (Å²) < 4.78 is 31.6. The van der Waals surface area contributed by atoms with Gasteiger partial charge in [-0.3, -0.25) is 0 Å². The van der Waals surface area contributed by atoms with E-state index in [1.807, 2.05) is 0 Å². The standard InChI is InChI=1S/C21H15ClFN3O5/c22-15-6-2-4-8-17(15)31-21-18(23)20(24-12-25-21)30-16-7-3-1-5-13(16)14(11-27)19-26-29-10-9-28-19/h1-8,11-12,27H,9-10H2/b14-11-. The molecule has 10 heteroatoms. The quantitative estimate of drug-likeness (QED) is 0.528. The SMILES string of the molecule is O/C=C(\C1=NOCCO1)c1ccccc1Oc1ncnc(Oc2ccccc2Cl)c1F. The van der Waals surface area contributed by atoms with E-state index in [1.165, 1.54) is 0 Å². The van der Waals surface area contributed by atoms with Crippen LogP contribution >= 0.6 is 11.6 Å². The summed E-state index contributed by atoms with van der Waals surface area (Å²) in [6, 6.07) is 13.2. The number of halogens is 2. The Bertz CT molecular complexity index is 1160. The Hall–Kier alpha value is -3.85. The van der Waals surface area contributed by atoms with Crippen LogP contribution in [0.2, 0.25) is 5.02 Å². The number of aromatic nitrogens is 2. The first-order valence-corrected chi connectivity index (χ1v) is 9.43. The van der Waals surface area contributed by atoms with Crippen molar-refractivity contribution in [2.24, 2.45) is 5.16 Å². The van der Waals surface area contributed by atoms with E-state index in [1.54, 1.807) is 48.5 Å². The third-order valence-electron chi connectivity index (χ3n) is 4.07. The minimum Gasteiger partial charge on any atom is -0.515 e. The monoisotopic (exact) mass is 443 g/mol. The average molecular weight is 444 g/mol. The van der Waals surface area contributed by atoms with E-state index in [2.05, 4.69) is 15.1 Å². The minimum absolute atomic E-state index is 0.0655. The van der Waals surface area contributed by atoms with Gasteiger partial charge in [-0.25, -0.2) is 0 Å². The van der Waals surface area contributed by atoms with Gasteiger partial charge in [0, 0.05) is 5.56 Å². The Morgan fingerprint density at radius 3 is 2.35 bits per heavy atom. The molecule has 2 aromatic carbocycles. The third-order valence-corrected chi connectivity index (χ3v) is 4.39. The molecule has 0 atom stereocenters. The maximum Gasteiger partial charge on any atom is 0.263 e. The zero-order valence-corrected chi connectivity index (χ0v) is 16.6. The second-order valence-corrected chi connectivity index (χ2v) is 6.46. The fourth-order valence-corrected chi connectivity index (χ4v) is 2.84. The van der Waals surface area contributed by atoms with Gasteiger partial charge in [-0.15, -0.1) is 0 Å². The van der Waals surface area contributed by atoms with E-state index in [0.717, 1.165) is 12.6 Å². The lowest BCUT2D eigenvalue weighted by Crippen LogP contribution is -2.17. The Kier molecular flexibility index (Phi) is 6.13. The molecule has 0 fully saturated rings. The van der Waals surface area contributed by atoms with Crippen molar-refractivity contribution < 1.29 is 28.5 Å². The van der Waals surface area contributed by atoms with E-state index in [0.29, 0.717) is 17.2 Å². The number of aliphatic hydroxyl groups excluding tert-OH is 1. The summed E-state index contributed by atoms with van der Waals surface area (Å²) in [5.41, 5.74) is 0.568. The smallest absolute Gasteiger partial charge is 0.263 e. The molecule has 0 spiro atoms. The number of benzene rings is 2. The van der Waals surface area contributed by atoms with Crippen LogP contribution in [-0.4, -0.2) is 34.2 Å². The Morgan fingerprint density at radius 1 is 1.00 bits per heavy atom. The van der Waals surface area contributed by atoms with Crippen LogP contribution in [0.15, 0.2) is 66.3 Å². The van der Waals surface area contributed by atoms with E-state index >= 15 is 0 Å². The van der Waals surface area contributed by atoms with Gasteiger partial charge in [0.25, 0.3) is 17.7 Å². The molecule has 8 nitrogen and oxygen atoms in total. The second kappa shape index (κ2) is 9.31. The van der Waals surface area contributed by atoms with Crippen molar-refractivity contribution in [2.45, 2.75) is 0 Å². The molecule has 158 valence electrons. The summed E-state index contributed by atoms with van der Waals surface area (Å²) in [6.07, 6.45) is 1.90. The van der Waals surface area contributed by atoms with Crippen LogP contribution < -0.4 is 9.47 Å². The van der Waals surface area contributed by atoms with Gasteiger partial charge in [-0.05, 0) is 23.4 Å². The fraction of sp³-hybridized carbons (Fsp3) is 0.0952. The summed E-state index contributed by atoms with van der Waals surface area (Å²) in [4.78, 5) is 12.7. The summed E-state index contributed by atoms with van der Waals surface area (Å²) in [5, 5.41) is 13.8. The van der Waals surface area contributed by atoms with E-state index in [4.69, 9.17) is 30.6 Å². The molecule has 1 aliphatic rings. The summed E-state index contributed by atoms with van der Waals surface area (Å²) >= 11 is 6.06. The van der Waals surface area contributed by atoms with Gasteiger partial charge in [0.15, 0.2) is 6.61 Å². The summed E-state index contributed by atoms with van der Waals surface area (Å²) in [5.74, 6) is -1.20. The number of oxime groups is 1. The molecule has 0 bridgehead atoms. The van der Waals surface area contributed by atoms with Gasteiger partial charge in [0.05, 0.1) is 16.9 Å². The number of aliphatic hydroxyl groups is 1. The Morgan fingerprint density at radius 2 is 1.68 bits per heavy atom. The highest BCUT2D eigenvalue weighted by molar-refractivity contribution is 6.32. The van der Waals surface area contributed by atoms with Gasteiger partial charge in [0.1, 0.15) is 24.4 Å². The third kappa shape index (κ3) is 4.51. The van der Waals surface area contributed by atoms with Crippen molar-refractivity contribution in [3.8, 4) is 23.3 Å². The van der Waals surface area contributed by atoms with Crippen LogP contribution in [0.3, 0.4) is 0 Å². The zero-order valence-electron chi connectivity index (χ0n) is 15.9. The first kappa shape index (κ1) is 20.4. The van der Waals surface area contributed by atoms with Gasteiger partial charge in [-0.2, -0.15) is 14.4 Å². The van der Waals surface area contributed by atoms with Gasteiger partial charge >= 0.3 is 0 Å². The molecule has 3 aromatic rings. The lowest BCUT2D eigenvalue weighted by atomic mass is 10.1. The molecule has 2 heterocycles. The molecule has 31 heavy (non-hydrogen) atoms. The van der Waals surface area contributed by atoms with Crippen LogP contribution in [0.25, 0.3) is 5.57 Å². The summed E-state index contributed by atoms with van der Waals surface area (Å²) in [6.45, 7) is 0.559.